The van der Waals surface area contributed by atoms with E-state index in [-0.39, 0.29) is 31.0 Å². The Morgan fingerprint density at radius 3 is 2.33 bits per heavy atom. The van der Waals surface area contributed by atoms with Crippen molar-refractivity contribution < 1.29 is 14.3 Å². The minimum atomic E-state index is -0.713. The molecular formula is C28H29Br2ClN2O3. The van der Waals surface area contributed by atoms with Crippen molar-refractivity contribution in [1.82, 2.24) is 10.2 Å². The molecule has 0 fully saturated rings. The minimum Gasteiger partial charge on any atom is -0.483 e. The summed E-state index contributed by atoms with van der Waals surface area (Å²) >= 11 is 12.9. The Bertz CT molecular complexity index is 1160. The van der Waals surface area contributed by atoms with E-state index in [2.05, 4.69) is 37.2 Å². The molecule has 190 valence electrons. The van der Waals surface area contributed by atoms with Gasteiger partial charge in [-0.1, -0.05) is 76.9 Å². The van der Waals surface area contributed by atoms with Gasteiger partial charge in [0, 0.05) is 28.5 Å². The van der Waals surface area contributed by atoms with Gasteiger partial charge in [-0.2, -0.15) is 0 Å². The van der Waals surface area contributed by atoms with Gasteiger partial charge in [-0.3, -0.25) is 9.59 Å². The fourth-order valence-electron chi connectivity index (χ4n) is 3.60. The van der Waals surface area contributed by atoms with Crippen molar-refractivity contribution in [3.63, 3.8) is 0 Å². The second-order valence-corrected chi connectivity index (χ2v) is 10.7. The summed E-state index contributed by atoms with van der Waals surface area (Å²) in [6.07, 6.45) is 1.17. The second kappa shape index (κ2) is 13.8. The number of nitrogens with one attached hydrogen (secondary N) is 1. The number of halogens is 3. The fraction of sp³-hybridized carbons (Fsp3) is 0.286. The van der Waals surface area contributed by atoms with Crippen LogP contribution in [-0.2, 0) is 22.6 Å². The predicted octanol–water partition coefficient (Wildman–Crippen LogP) is 6.80. The van der Waals surface area contributed by atoms with Gasteiger partial charge in [0.15, 0.2) is 6.61 Å². The first-order chi connectivity index (χ1) is 17.3. The van der Waals surface area contributed by atoms with Gasteiger partial charge in [0.05, 0.1) is 4.47 Å². The number of benzene rings is 3. The number of carbonyl (C=O) groups excluding carboxylic acids is 2. The van der Waals surface area contributed by atoms with Crippen LogP contribution in [0.15, 0.2) is 81.7 Å². The number of rotatable bonds is 11. The van der Waals surface area contributed by atoms with E-state index in [1.807, 2.05) is 68.4 Å². The zero-order chi connectivity index (χ0) is 26.1. The largest absolute Gasteiger partial charge is 0.483 e. The average Bonchev–Trinajstić information content (AvgIpc) is 2.87. The molecule has 3 aromatic rings. The normalized spacial score (nSPS) is 12.5. The maximum Gasteiger partial charge on any atom is 0.261 e. The molecule has 0 aliphatic rings. The lowest BCUT2D eigenvalue weighted by molar-refractivity contribution is -0.143. The number of hydrogen-bond acceptors (Lipinski definition) is 3. The Balaban J connectivity index is 1.91. The van der Waals surface area contributed by atoms with Gasteiger partial charge >= 0.3 is 0 Å². The summed E-state index contributed by atoms with van der Waals surface area (Å²) in [5.41, 5.74) is 1.88. The molecule has 3 rings (SSSR count). The highest BCUT2D eigenvalue weighted by molar-refractivity contribution is 9.10. The summed E-state index contributed by atoms with van der Waals surface area (Å²) in [5, 5.41) is 3.62. The predicted molar refractivity (Wildman–Crippen MR) is 151 cm³/mol. The molecule has 0 aromatic heterocycles. The fourth-order valence-corrected chi connectivity index (χ4v) is 4.66. The topological polar surface area (TPSA) is 58.6 Å². The maximum absolute atomic E-state index is 13.6. The van der Waals surface area contributed by atoms with Crippen LogP contribution in [0.4, 0.5) is 0 Å². The summed E-state index contributed by atoms with van der Waals surface area (Å²) in [6.45, 7) is 4.01. The molecule has 0 saturated carbocycles. The van der Waals surface area contributed by atoms with Gasteiger partial charge in [0.1, 0.15) is 11.8 Å². The number of carbonyl (C=O) groups is 2. The van der Waals surface area contributed by atoms with Crippen LogP contribution in [0.3, 0.4) is 0 Å². The van der Waals surface area contributed by atoms with E-state index in [1.165, 1.54) is 0 Å². The van der Waals surface area contributed by atoms with Crippen LogP contribution in [0.25, 0.3) is 0 Å². The van der Waals surface area contributed by atoms with Gasteiger partial charge in [-0.15, -0.1) is 0 Å². The molecule has 3 aromatic carbocycles. The Hall–Kier alpha value is -2.35. The number of amides is 2. The summed E-state index contributed by atoms with van der Waals surface area (Å²) in [6, 6.07) is 21.8. The maximum atomic E-state index is 13.6. The molecule has 0 aliphatic carbocycles. The first-order valence-electron chi connectivity index (χ1n) is 11.7. The first kappa shape index (κ1) is 28.2. The van der Waals surface area contributed by atoms with Crippen molar-refractivity contribution in [2.75, 3.05) is 6.61 Å². The molecule has 0 saturated heterocycles. The lowest BCUT2D eigenvalue weighted by Crippen LogP contribution is -2.53. The Kier molecular flexibility index (Phi) is 10.8. The second-order valence-electron chi connectivity index (χ2n) is 8.53. The van der Waals surface area contributed by atoms with Crippen molar-refractivity contribution >= 4 is 55.3 Å². The van der Waals surface area contributed by atoms with Crippen LogP contribution < -0.4 is 10.1 Å². The molecule has 36 heavy (non-hydrogen) atoms. The highest BCUT2D eigenvalue weighted by atomic mass is 79.9. The van der Waals surface area contributed by atoms with Gasteiger partial charge < -0.3 is 15.0 Å². The Labute approximate surface area is 234 Å². The lowest BCUT2D eigenvalue weighted by atomic mass is 10.0. The van der Waals surface area contributed by atoms with Crippen molar-refractivity contribution in [2.45, 2.75) is 45.3 Å². The molecule has 2 atom stereocenters. The monoisotopic (exact) mass is 634 g/mol. The minimum absolute atomic E-state index is 0.0123. The van der Waals surface area contributed by atoms with Crippen molar-refractivity contribution in [2.24, 2.45) is 0 Å². The van der Waals surface area contributed by atoms with Crippen LogP contribution in [0.1, 0.15) is 31.4 Å². The first-order valence-corrected chi connectivity index (χ1v) is 13.7. The van der Waals surface area contributed by atoms with E-state index in [1.54, 1.807) is 23.1 Å². The summed E-state index contributed by atoms with van der Waals surface area (Å²) < 4.78 is 7.43. The third-order valence-corrected chi connectivity index (χ3v) is 7.17. The lowest BCUT2D eigenvalue weighted by Gasteiger charge is -2.32. The van der Waals surface area contributed by atoms with Gasteiger partial charge in [-0.25, -0.2) is 0 Å². The zero-order valence-electron chi connectivity index (χ0n) is 20.2. The smallest absolute Gasteiger partial charge is 0.261 e. The quantitative estimate of drug-likeness (QED) is 0.252. The van der Waals surface area contributed by atoms with E-state index in [0.29, 0.717) is 21.7 Å². The van der Waals surface area contributed by atoms with Crippen LogP contribution in [-0.4, -0.2) is 35.4 Å². The standard InChI is InChI=1S/C28H29Br2ClN2O3/c1-3-19(2)32-28(35)25(15-20-7-5-4-6-8-20)33(17-21-9-11-22(29)12-10-21)27(34)18-36-26-14-13-23(31)16-24(26)30/h4-14,16,19,25H,3,15,17-18H2,1-2H3,(H,32,35)/t19-,25+/m1/s1. The average molecular weight is 637 g/mol. The van der Waals surface area contributed by atoms with Crippen molar-refractivity contribution in [3.8, 4) is 5.75 Å². The van der Waals surface area contributed by atoms with E-state index in [9.17, 15) is 9.59 Å². The van der Waals surface area contributed by atoms with Crippen molar-refractivity contribution in [1.29, 1.82) is 0 Å². The molecule has 0 spiro atoms. The zero-order valence-corrected chi connectivity index (χ0v) is 24.1. The third-order valence-electron chi connectivity index (χ3n) is 5.78. The Morgan fingerprint density at radius 2 is 1.69 bits per heavy atom. The van der Waals surface area contributed by atoms with E-state index < -0.39 is 6.04 Å². The van der Waals surface area contributed by atoms with Gasteiger partial charge in [-0.05, 0) is 70.7 Å². The molecule has 5 nitrogen and oxygen atoms in total. The van der Waals surface area contributed by atoms with Crippen molar-refractivity contribution in [3.05, 3.63) is 97.9 Å². The number of ether oxygens (including phenoxy) is 1. The molecular weight excluding hydrogens is 608 g/mol. The molecule has 0 unspecified atom stereocenters. The molecule has 0 radical (unpaired) electrons. The summed E-state index contributed by atoms with van der Waals surface area (Å²) in [4.78, 5) is 28.7. The van der Waals surface area contributed by atoms with Crippen LogP contribution in [0.2, 0.25) is 5.02 Å². The number of hydrogen-bond donors (Lipinski definition) is 1. The molecule has 2 amide bonds. The van der Waals surface area contributed by atoms with E-state index in [0.717, 1.165) is 22.0 Å². The SMILES string of the molecule is CC[C@@H](C)NC(=O)[C@H](Cc1ccccc1)N(Cc1ccc(Br)cc1)C(=O)COc1ccc(Cl)cc1Br. The van der Waals surface area contributed by atoms with Crippen LogP contribution >= 0.6 is 43.5 Å². The van der Waals surface area contributed by atoms with Gasteiger partial charge in [0.2, 0.25) is 5.91 Å². The molecule has 8 heteroatoms. The van der Waals surface area contributed by atoms with Crippen LogP contribution in [0.5, 0.6) is 5.75 Å². The van der Waals surface area contributed by atoms with E-state index in [4.69, 9.17) is 16.3 Å². The van der Waals surface area contributed by atoms with Crippen LogP contribution in [0, 0.1) is 0 Å². The molecule has 0 aliphatic heterocycles. The molecule has 0 heterocycles. The van der Waals surface area contributed by atoms with E-state index >= 15 is 0 Å². The summed E-state index contributed by atoms with van der Waals surface area (Å²) in [5.74, 6) is 0.0198. The Morgan fingerprint density at radius 1 is 1.00 bits per heavy atom. The van der Waals surface area contributed by atoms with Gasteiger partial charge in [0.25, 0.3) is 5.91 Å². The highest BCUT2D eigenvalue weighted by Crippen LogP contribution is 2.28. The summed E-state index contributed by atoms with van der Waals surface area (Å²) in [7, 11) is 0. The third kappa shape index (κ3) is 8.36. The molecule has 0 bridgehead atoms. The molecule has 1 N–H and O–H groups in total. The number of nitrogens with zero attached hydrogens (tertiary/aromatic N) is 1. The highest BCUT2D eigenvalue weighted by Gasteiger charge is 2.31.